The lowest BCUT2D eigenvalue weighted by Crippen LogP contribution is -2.56. The summed E-state index contributed by atoms with van der Waals surface area (Å²) in [6.45, 7) is 9.30. The first-order chi connectivity index (χ1) is 15.9. The highest BCUT2D eigenvalue weighted by Crippen LogP contribution is 2.68. The van der Waals surface area contributed by atoms with E-state index in [2.05, 4.69) is 29.1 Å². The Morgan fingerprint density at radius 3 is 2.52 bits per heavy atom. The van der Waals surface area contributed by atoms with Crippen LogP contribution in [0.4, 0.5) is 0 Å². The third-order valence-electron chi connectivity index (χ3n) is 11.3. The van der Waals surface area contributed by atoms with Crippen LogP contribution in [0.1, 0.15) is 91.0 Å². The van der Waals surface area contributed by atoms with Gasteiger partial charge in [-0.15, -0.1) is 5.10 Å². The Kier molecular flexibility index (Phi) is 5.39. The van der Waals surface area contributed by atoms with Gasteiger partial charge < -0.3 is 9.64 Å². The summed E-state index contributed by atoms with van der Waals surface area (Å²) in [7, 11) is 0. The van der Waals surface area contributed by atoms with E-state index in [-0.39, 0.29) is 23.5 Å². The first kappa shape index (κ1) is 22.1. The van der Waals surface area contributed by atoms with E-state index in [1.165, 1.54) is 70.9 Å². The van der Waals surface area contributed by atoms with Gasteiger partial charge in [0.1, 0.15) is 6.10 Å². The lowest BCUT2D eigenvalue weighted by Gasteiger charge is -2.61. The minimum absolute atomic E-state index is 0.0411. The van der Waals surface area contributed by atoms with Crippen LogP contribution in [0, 0.1) is 34.5 Å². The third kappa shape index (κ3) is 3.41. The predicted molar refractivity (Wildman–Crippen MR) is 126 cm³/mol. The molecule has 6 rings (SSSR count). The third-order valence-corrected chi connectivity index (χ3v) is 11.3. The summed E-state index contributed by atoms with van der Waals surface area (Å²) in [6.07, 6.45) is 16.9. The zero-order valence-electron chi connectivity index (χ0n) is 20.8. The lowest BCUT2D eigenvalue weighted by molar-refractivity contribution is -0.164. The lowest BCUT2D eigenvalue weighted by atomic mass is 9.45. The average molecular weight is 455 g/mol. The van der Waals surface area contributed by atoms with Crippen LogP contribution in [-0.4, -0.2) is 51.1 Å². The molecule has 33 heavy (non-hydrogen) atoms. The Morgan fingerprint density at radius 2 is 1.79 bits per heavy atom. The number of nitrogens with zero attached hydrogens (tertiary/aromatic N) is 4. The molecule has 1 aromatic heterocycles. The van der Waals surface area contributed by atoms with E-state index in [0.29, 0.717) is 11.3 Å². The van der Waals surface area contributed by atoms with Gasteiger partial charge in [0, 0.05) is 24.6 Å². The molecule has 1 saturated heterocycles. The van der Waals surface area contributed by atoms with Crippen LogP contribution in [-0.2, 0) is 9.53 Å². The summed E-state index contributed by atoms with van der Waals surface area (Å²) in [4.78, 5) is 14.9. The maximum atomic E-state index is 12.1. The van der Waals surface area contributed by atoms with Gasteiger partial charge in [-0.2, -0.15) is 0 Å². The van der Waals surface area contributed by atoms with Crippen molar-refractivity contribution in [3.05, 3.63) is 12.4 Å². The van der Waals surface area contributed by atoms with Crippen LogP contribution in [0.5, 0.6) is 0 Å². The number of carbonyl (C=O) groups is 1. The van der Waals surface area contributed by atoms with E-state index in [0.717, 1.165) is 30.2 Å². The van der Waals surface area contributed by atoms with E-state index in [9.17, 15) is 4.79 Å². The van der Waals surface area contributed by atoms with Gasteiger partial charge in [-0.25, -0.2) is 4.68 Å². The van der Waals surface area contributed by atoms with Crippen molar-refractivity contribution in [2.24, 2.45) is 34.5 Å². The van der Waals surface area contributed by atoms with Crippen LogP contribution >= 0.6 is 0 Å². The van der Waals surface area contributed by atoms with Gasteiger partial charge in [0.05, 0.1) is 12.2 Å². The molecule has 0 unspecified atom stereocenters. The maximum Gasteiger partial charge on any atom is 0.302 e. The highest BCUT2D eigenvalue weighted by molar-refractivity contribution is 5.66. The number of esters is 1. The van der Waals surface area contributed by atoms with Crippen molar-refractivity contribution < 1.29 is 9.53 Å². The number of likely N-dealkylation sites (tertiary alicyclic amines) is 1. The molecule has 0 spiro atoms. The molecule has 9 atom stereocenters. The van der Waals surface area contributed by atoms with Crippen molar-refractivity contribution in [3.63, 3.8) is 0 Å². The zero-order valence-corrected chi connectivity index (χ0v) is 20.8. The van der Waals surface area contributed by atoms with E-state index in [4.69, 9.17) is 4.74 Å². The number of hydrogen-bond donors (Lipinski definition) is 0. The molecule has 6 nitrogen and oxygen atoms in total. The Hall–Kier alpha value is -1.43. The molecule has 6 heteroatoms. The summed E-state index contributed by atoms with van der Waals surface area (Å²) in [5.74, 6) is 2.90. The van der Waals surface area contributed by atoms with Crippen molar-refractivity contribution in [2.45, 2.75) is 103 Å². The molecule has 4 saturated carbocycles. The molecule has 0 aromatic carbocycles. The van der Waals surface area contributed by atoms with Gasteiger partial charge in [0.25, 0.3) is 0 Å². The number of rotatable bonds is 3. The molecule has 0 bridgehead atoms. The molecule has 0 amide bonds. The largest absolute Gasteiger partial charge is 0.460 e. The number of hydrogen-bond acceptors (Lipinski definition) is 5. The number of carbonyl (C=O) groups excluding carboxylic acids is 1. The van der Waals surface area contributed by atoms with Crippen LogP contribution < -0.4 is 0 Å². The van der Waals surface area contributed by atoms with Crippen LogP contribution in [0.3, 0.4) is 0 Å². The highest BCUT2D eigenvalue weighted by Gasteiger charge is 2.64. The van der Waals surface area contributed by atoms with E-state index >= 15 is 0 Å². The normalized spacial score (nSPS) is 47.5. The second kappa shape index (κ2) is 8.07. The van der Waals surface area contributed by atoms with E-state index in [1.54, 1.807) is 13.1 Å². The van der Waals surface area contributed by atoms with E-state index in [1.807, 2.05) is 10.9 Å². The second-order valence-corrected chi connectivity index (χ2v) is 12.6. The first-order valence-corrected chi connectivity index (χ1v) is 13.7. The van der Waals surface area contributed by atoms with Crippen molar-refractivity contribution in [1.82, 2.24) is 19.9 Å². The quantitative estimate of drug-likeness (QED) is 0.610. The Labute approximate surface area is 198 Å². The highest BCUT2D eigenvalue weighted by atomic mass is 16.5. The van der Waals surface area contributed by atoms with Gasteiger partial charge in [-0.1, -0.05) is 19.1 Å². The smallest absolute Gasteiger partial charge is 0.302 e. The van der Waals surface area contributed by atoms with Crippen LogP contribution in [0.2, 0.25) is 0 Å². The summed E-state index contributed by atoms with van der Waals surface area (Å²) >= 11 is 0. The topological polar surface area (TPSA) is 60.3 Å². The standard InChI is InChI=1S/C27H42N4O2/c1-18(32)33-25-24(31-15-12-28-29-31)17-23-21-7-6-19-16-20(30-13-4-5-14-30)8-10-26(19,2)22(21)9-11-27(23,25)3/h12,15,19-25H,4-11,13-14,16-17H2,1-3H3/t19-,20-,21+,22-,23-,24-,25-,26-,27-/m0/s1. The molecule has 0 radical (unpaired) electrons. The Bertz CT molecular complexity index is 867. The van der Waals surface area contributed by atoms with Crippen LogP contribution in [0.25, 0.3) is 0 Å². The molecule has 1 aliphatic heterocycles. The van der Waals surface area contributed by atoms with Crippen molar-refractivity contribution in [1.29, 1.82) is 0 Å². The van der Waals surface area contributed by atoms with Crippen molar-refractivity contribution in [3.8, 4) is 0 Å². The molecule has 4 aliphatic carbocycles. The van der Waals surface area contributed by atoms with Crippen LogP contribution in [0.15, 0.2) is 12.4 Å². The zero-order chi connectivity index (χ0) is 22.8. The summed E-state index contributed by atoms with van der Waals surface area (Å²) in [5.41, 5.74) is 0.530. The molecular formula is C27H42N4O2. The molecule has 1 aromatic rings. The summed E-state index contributed by atoms with van der Waals surface area (Å²) in [5, 5.41) is 8.42. The van der Waals surface area contributed by atoms with Gasteiger partial charge in [0.2, 0.25) is 0 Å². The first-order valence-electron chi connectivity index (χ1n) is 13.7. The van der Waals surface area contributed by atoms with Gasteiger partial charge >= 0.3 is 5.97 Å². The minimum atomic E-state index is -0.162. The number of aromatic nitrogens is 3. The van der Waals surface area contributed by atoms with Gasteiger partial charge in [-0.3, -0.25) is 4.79 Å². The molecule has 0 N–H and O–H groups in total. The predicted octanol–water partition coefficient (Wildman–Crippen LogP) is 4.87. The average Bonchev–Trinajstić information content (AvgIpc) is 3.54. The number of fused-ring (bicyclic) bond motifs is 5. The van der Waals surface area contributed by atoms with Crippen molar-refractivity contribution >= 4 is 5.97 Å². The SMILES string of the molecule is CC(=O)O[C@H]1[C@@H](n2ccnn2)C[C@H]2[C@@H]3CC[C@H]4C[C@@H](N5CCCC5)CC[C@]4(C)[C@H]3CC[C@@]21C. The molecule has 182 valence electrons. The minimum Gasteiger partial charge on any atom is -0.460 e. The fourth-order valence-electron chi connectivity index (χ4n) is 9.68. The number of ether oxygens (including phenoxy) is 1. The van der Waals surface area contributed by atoms with E-state index < -0.39 is 0 Å². The summed E-state index contributed by atoms with van der Waals surface area (Å²) in [6, 6.07) is 0.953. The summed E-state index contributed by atoms with van der Waals surface area (Å²) < 4.78 is 8.04. The Balaban J connectivity index is 1.26. The van der Waals surface area contributed by atoms with Gasteiger partial charge in [0.15, 0.2) is 0 Å². The fraction of sp³-hybridized carbons (Fsp3) is 0.889. The molecular weight excluding hydrogens is 412 g/mol. The molecule has 5 fully saturated rings. The molecule has 5 aliphatic rings. The van der Waals surface area contributed by atoms with Crippen molar-refractivity contribution in [2.75, 3.05) is 13.1 Å². The second-order valence-electron chi connectivity index (χ2n) is 12.6. The molecule has 2 heterocycles. The fourth-order valence-corrected chi connectivity index (χ4v) is 9.68. The van der Waals surface area contributed by atoms with Gasteiger partial charge in [-0.05, 0) is 106 Å². The Morgan fingerprint density at radius 1 is 1.00 bits per heavy atom. The maximum absolute atomic E-state index is 12.1. The monoisotopic (exact) mass is 454 g/mol.